The maximum absolute atomic E-state index is 12.5. The lowest BCUT2D eigenvalue weighted by atomic mass is 10.1. The van der Waals surface area contributed by atoms with Crippen LogP contribution in [-0.4, -0.2) is 59.2 Å². The molecule has 0 spiro atoms. The smallest absolute Gasteiger partial charge is 0.341 e. The minimum absolute atomic E-state index is 0.00915. The molecule has 2 aliphatic rings. The van der Waals surface area contributed by atoms with Crippen molar-refractivity contribution in [1.29, 1.82) is 0 Å². The van der Waals surface area contributed by atoms with Crippen molar-refractivity contribution in [3.8, 4) is 0 Å². The first-order chi connectivity index (χ1) is 13.7. The van der Waals surface area contributed by atoms with E-state index in [2.05, 4.69) is 5.32 Å². The zero-order chi connectivity index (χ0) is 21.3. The Kier molecular flexibility index (Phi) is 6.02. The molecule has 0 radical (unpaired) electrons. The van der Waals surface area contributed by atoms with Crippen molar-refractivity contribution in [2.45, 2.75) is 40.0 Å². The molecule has 3 rings (SSSR count). The fraction of sp³-hybridized carbons (Fsp3) is 0.526. The Morgan fingerprint density at radius 3 is 2.48 bits per heavy atom. The summed E-state index contributed by atoms with van der Waals surface area (Å²) < 4.78 is 5.11. The number of carbonyl (C=O) groups excluding carboxylic acids is 5. The van der Waals surface area contributed by atoms with Crippen LogP contribution in [0.25, 0.3) is 0 Å². The Labute approximate surface area is 172 Å². The Morgan fingerprint density at radius 2 is 1.83 bits per heavy atom. The van der Waals surface area contributed by atoms with Gasteiger partial charge in [0, 0.05) is 11.4 Å². The highest BCUT2D eigenvalue weighted by Crippen LogP contribution is 2.39. The Morgan fingerprint density at radius 1 is 1.14 bits per heavy atom. The number of rotatable bonds is 7. The van der Waals surface area contributed by atoms with Gasteiger partial charge in [0.25, 0.3) is 0 Å². The van der Waals surface area contributed by atoms with E-state index in [9.17, 15) is 24.0 Å². The molecule has 1 aromatic heterocycles. The summed E-state index contributed by atoms with van der Waals surface area (Å²) >= 11 is 1.30. The number of hydrogen-bond donors (Lipinski definition) is 1. The van der Waals surface area contributed by atoms with E-state index in [1.807, 2.05) is 13.8 Å². The molecule has 0 unspecified atom stereocenters. The number of nitrogens with zero attached hydrogens (tertiary/aromatic N) is 2. The summed E-state index contributed by atoms with van der Waals surface area (Å²) in [6.45, 7) is 5.05. The summed E-state index contributed by atoms with van der Waals surface area (Å²) in [5, 5.41) is 2.97. The van der Waals surface area contributed by atoms with Crippen LogP contribution in [0.5, 0.6) is 0 Å². The van der Waals surface area contributed by atoms with E-state index in [4.69, 9.17) is 4.74 Å². The first kappa shape index (κ1) is 21.0. The van der Waals surface area contributed by atoms with Crippen LogP contribution in [-0.2, 0) is 32.0 Å². The van der Waals surface area contributed by atoms with Crippen LogP contribution in [0.2, 0.25) is 0 Å². The summed E-state index contributed by atoms with van der Waals surface area (Å²) in [5.41, 5.74) is 1.23. The fourth-order valence-corrected chi connectivity index (χ4v) is 4.73. The molecule has 156 valence electrons. The molecule has 0 atom stereocenters. The lowest BCUT2D eigenvalue weighted by Gasteiger charge is -2.16. The average Bonchev–Trinajstić information content (AvgIpc) is 3.27. The number of carbonyl (C=O) groups is 5. The molecule has 5 amide bonds. The van der Waals surface area contributed by atoms with Crippen LogP contribution in [0.1, 0.15) is 48.0 Å². The summed E-state index contributed by atoms with van der Waals surface area (Å²) in [7, 11) is 0. The predicted molar refractivity (Wildman–Crippen MR) is 105 cm³/mol. The van der Waals surface area contributed by atoms with Gasteiger partial charge in [-0.15, -0.1) is 11.3 Å². The van der Waals surface area contributed by atoms with Gasteiger partial charge in [0.1, 0.15) is 11.5 Å². The van der Waals surface area contributed by atoms with Crippen LogP contribution >= 0.6 is 11.3 Å². The Balaban J connectivity index is 1.75. The molecule has 0 aromatic carbocycles. The maximum Gasteiger partial charge on any atom is 0.341 e. The first-order valence-electron chi connectivity index (χ1n) is 9.53. The summed E-state index contributed by atoms with van der Waals surface area (Å²) in [5.74, 6) is -3.13. The predicted octanol–water partition coefficient (Wildman–Crippen LogP) is 1.80. The van der Waals surface area contributed by atoms with Gasteiger partial charge in [-0.05, 0) is 37.7 Å². The van der Waals surface area contributed by atoms with Gasteiger partial charge in [-0.1, -0.05) is 13.8 Å². The van der Waals surface area contributed by atoms with Crippen molar-refractivity contribution in [3.05, 3.63) is 16.0 Å². The molecule has 1 aromatic rings. The first-order valence-corrected chi connectivity index (χ1v) is 10.3. The minimum Gasteiger partial charge on any atom is -0.462 e. The van der Waals surface area contributed by atoms with Crippen molar-refractivity contribution in [2.24, 2.45) is 5.92 Å². The third-order valence-electron chi connectivity index (χ3n) is 4.64. The molecular weight excluding hydrogens is 398 g/mol. The lowest BCUT2D eigenvalue weighted by molar-refractivity contribution is -0.143. The van der Waals surface area contributed by atoms with Crippen molar-refractivity contribution >= 4 is 46.1 Å². The quantitative estimate of drug-likeness (QED) is 0.408. The van der Waals surface area contributed by atoms with Gasteiger partial charge in [0.15, 0.2) is 0 Å². The van der Waals surface area contributed by atoms with Crippen LogP contribution < -0.4 is 5.32 Å². The molecule has 0 bridgehead atoms. The molecule has 9 nitrogen and oxygen atoms in total. The topological polar surface area (TPSA) is 113 Å². The highest BCUT2D eigenvalue weighted by Gasteiger charge is 2.45. The summed E-state index contributed by atoms with van der Waals surface area (Å²) in [6.07, 6.45) is 2.49. The second-order valence-electron chi connectivity index (χ2n) is 7.31. The standard InChI is InChI=1S/C19H23N3O6S/c1-4-28-18(26)14-11-6-5-7-12(11)29-15(14)20-13(23)9-22-17(25)16(24)21(19(22)27)8-10(2)3/h10H,4-9H2,1-3H3,(H,20,23). The molecule has 2 heterocycles. The van der Waals surface area contributed by atoms with E-state index >= 15 is 0 Å². The third kappa shape index (κ3) is 4.02. The Hall–Kier alpha value is -2.75. The number of anilines is 1. The number of imide groups is 2. The number of hydrogen-bond acceptors (Lipinski definition) is 7. The van der Waals surface area contributed by atoms with Gasteiger partial charge in [-0.2, -0.15) is 0 Å². The summed E-state index contributed by atoms with van der Waals surface area (Å²) in [4.78, 5) is 63.9. The minimum atomic E-state index is -1.02. The second-order valence-corrected chi connectivity index (χ2v) is 8.42. The number of urea groups is 1. The molecule has 0 saturated carbocycles. The zero-order valence-electron chi connectivity index (χ0n) is 16.6. The number of amides is 5. The largest absolute Gasteiger partial charge is 0.462 e. The number of esters is 1. The highest BCUT2D eigenvalue weighted by atomic mass is 32.1. The van der Waals surface area contributed by atoms with Crippen molar-refractivity contribution in [3.63, 3.8) is 0 Å². The molecule has 1 saturated heterocycles. The van der Waals surface area contributed by atoms with E-state index in [0.717, 1.165) is 34.6 Å². The van der Waals surface area contributed by atoms with Gasteiger partial charge in [-0.3, -0.25) is 19.3 Å². The van der Waals surface area contributed by atoms with E-state index < -0.39 is 36.3 Å². The number of thiophene rings is 1. The van der Waals surface area contributed by atoms with Gasteiger partial charge in [0.2, 0.25) is 5.91 Å². The van der Waals surface area contributed by atoms with Crippen molar-refractivity contribution in [2.75, 3.05) is 25.0 Å². The SMILES string of the molecule is CCOC(=O)c1c(NC(=O)CN2C(=O)C(=O)N(CC(C)C)C2=O)sc2c1CCC2. The number of fused-ring (bicyclic) bond motifs is 1. The van der Waals surface area contributed by atoms with E-state index in [-0.39, 0.29) is 19.1 Å². The fourth-order valence-electron chi connectivity index (χ4n) is 3.44. The molecule has 1 aliphatic heterocycles. The van der Waals surface area contributed by atoms with E-state index in [1.165, 1.54) is 11.3 Å². The van der Waals surface area contributed by atoms with Crippen LogP contribution in [0, 0.1) is 5.92 Å². The van der Waals surface area contributed by atoms with E-state index in [1.54, 1.807) is 6.92 Å². The number of ether oxygens (including phenoxy) is 1. The normalized spacial score (nSPS) is 16.1. The molecule has 10 heteroatoms. The van der Waals surface area contributed by atoms with Gasteiger partial charge in [-0.25, -0.2) is 14.5 Å². The van der Waals surface area contributed by atoms with E-state index in [0.29, 0.717) is 15.5 Å². The van der Waals surface area contributed by atoms with Gasteiger partial charge in [0.05, 0.1) is 12.2 Å². The molecule has 29 heavy (non-hydrogen) atoms. The lowest BCUT2D eigenvalue weighted by Crippen LogP contribution is -2.39. The summed E-state index contributed by atoms with van der Waals surface area (Å²) in [6, 6.07) is -0.803. The number of nitrogens with one attached hydrogen (secondary N) is 1. The highest BCUT2D eigenvalue weighted by molar-refractivity contribution is 7.17. The molecule has 1 fully saturated rings. The van der Waals surface area contributed by atoms with Crippen LogP contribution in [0.3, 0.4) is 0 Å². The molecule has 1 N–H and O–H groups in total. The Bertz CT molecular complexity index is 891. The van der Waals surface area contributed by atoms with Gasteiger partial charge >= 0.3 is 23.8 Å². The van der Waals surface area contributed by atoms with Crippen molar-refractivity contribution < 1.29 is 28.7 Å². The van der Waals surface area contributed by atoms with Crippen LogP contribution in [0.4, 0.5) is 9.80 Å². The van der Waals surface area contributed by atoms with Crippen molar-refractivity contribution in [1.82, 2.24) is 9.80 Å². The second kappa shape index (κ2) is 8.32. The average molecular weight is 421 g/mol. The monoisotopic (exact) mass is 421 g/mol. The third-order valence-corrected chi connectivity index (χ3v) is 5.85. The molecule has 1 aliphatic carbocycles. The number of aryl methyl sites for hydroxylation is 1. The zero-order valence-corrected chi connectivity index (χ0v) is 17.4. The van der Waals surface area contributed by atoms with Gasteiger partial charge < -0.3 is 10.1 Å². The maximum atomic E-state index is 12.5. The molecular formula is C19H23N3O6S. The van der Waals surface area contributed by atoms with Crippen LogP contribution in [0.15, 0.2) is 0 Å².